The Kier molecular flexibility index (Phi) is 3.97. The minimum Gasteiger partial charge on any atom is -0.378 e. The van der Waals surface area contributed by atoms with E-state index in [1.54, 1.807) is 0 Å². The first-order valence-corrected chi connectivity index (χ1v) is 7.96. The number of nitrogens with one attached hydrogen (secondary N) is 1. The maximum Gasteiger partial charge on any atom is 0.0957 e. The number of nitrogens with zero attached hydrogens (tertiary/aromatic N) is 1. The molecule has 1 aromatic heterocycles. The van der Waals surface area contributed by atoms with Crippen LogP contribution in [0.15, 0.2) is 0 Å². The highest BCUT2D eigenvalue weighted by molar-refractivity contribution is 7.11. The van der Waals surface area contributed by atoms with Crippen LogP contribution in [0.1, 0.15) is 53.7 Å². The summed E-state index contributed by atoms with van der Waals surface area (Å²) in [7, 11) is 2.06. The SMILES string of the molecule is CNC1CCCc2nc(CC3CCCCO3)sc21. The number of hydrogen-bond donors (Lipinski definition) is 1. The van der Waals surface area contributed by atoms with Crippen LogP contribution >= 0.6 is 11.3 Å². The Hall–Kier alpha value is -0.450. The standard InChI is InChI=1S/C14H22N2OS/c1-15-11-6-4-7-12-14(11)18-13(16-12)9-10-5-2-3-8-17-10/h10-11,15H,2-9H2,1H3. The third-order valence-electron chi connectivity index (χ3n) is 4.02. The Morgan fingerprint density at radius 2 is 2.28 bits per heavy atom. The van der Waals surface area contributed by atoms with E-state index in [1.165, 1.54) is 47.7 Å². The van der Waals surface area contributed by atoms with E-state index in [2.05, 4.69) is 12.4 Å². The molecule has 0 aromatic carbocycles. The molecule has 0 bridgehead atoms. The van der Waals surface area contributed by atoms with Gasteiger partial charge in [0.15, 0.2) is 0 Å². The Bertz CT molecular complexity index is 398. The highest BCUT2D eigenvalue weighted by Crippen LogP contribution is 2.34. The first-order chi connectivity index (χ1) is 8.86. The van der Waals surface area contributed by atoms with Crippen molar-refractivity contribution in [1.29, 1.82) is 0 Å². The fraction of sp³-hybridized carbons (Fsp3) is 0.786. The third-order valence-corrected chi connectivity index (χ3v) is 5.25. The highest BCUT2D eigenvalue weighted by atomic mass is 32.1. The normalized spacial score (nSPS) is 28.1. The van der Waals surface area contributed by atoms with E-state index in [0.29, 0.717) is 12.1 Å². The van der Waals surface area contributed by atoms with Gasteiger partial charge in [0.05, 0.1) is 16.8 Å². The maximum atomic E-state index is 5.82. The van der Waals surface area contributed by atoms with Crippen molar-refractivity contribution < 1.29 is 4.74 Å². The van der Waals surface area contributed by atoms with Crippen LogP contribution in [-0.2, 0) is 17.6 Å². The lowest BCUT2D eigenvalue weighted by Crippen LogP contribution is -2.21. The van der Waals surface area contributed by atoms with Gasteiger partial charge in [-0.25, -0.2) is 4.98 Å². The molecule has 1 aliphatic carbocycles. The summed E-state index contributed by atoms with van der Waals surface area (Å²) >= 11 is 1.91. The molecule has 0 spiro atoms. The number of thiazole rings is 1. The van der Waals surface area contributed by atoms with E-state index < -0.39 is 0 Å². The summed E-state index contributed by atoms with van der Waals surface area (Å²) in [5.41, 5.74) is 1.34. The molecule has 1 fully saturated rings. The molecule has 2 atom stereocenters. The molecule has 1 saturated heterocycles. The van der Waals surface area contributed by atoms with Gasteiger partial charge in [0.25, 0.3) is 0 Å². The highest BCUT2D eigenvalue weighted by Gasteiger charge is 2.24. The van der Waals surface area contributed by atoms with Crippen LogP contribution in [0.4, 0.5) is 0 Å². The molecule has 3 nitrogen and oxygen atoms in total. The van der Waals surface area contributed by atoms with Gasteiger partial charge in [-0.1, -0.05) is 0 Å². The Morgan fingerprint density at radius 1 is 1.33 bits per heavy atom. The maximum absolute atomic E-state index is 5.82. The second kappa shape index (κ2) is 5.68. The largest absolute Gasteiger partial charge is 0.378 e. The van der Waals surface area contributed by atoms with Crippen molar-refractivity contribution >= 4 is 11.3 Å². The minimum atomic E-state index is 0.416. The fourth-order valence-electron chi connectivity index (χ4n) is 3.00. The summed E-state index contributed by atoms with van der Waals surface area (Å²) < 4.78 is 5.82. The Labute approximate surface area is 113 Å². The zero-order valence-electron chi connectivity index (χ0n) is 11.1. The van der Waals surface area contributed by atoms with Crippen LogP contribution in [0.25, 0.3) is 0 Å². The Morgan fingerprint density at radius 3 is 3.06 bits per heavy atom. The van der Waals surface area contributed by atoms with Gasteiger partial charge in [-0.05, 0) is 45.6 Å². The lowest BCUT2D eigenvalue weighted by atomic mass is 9.98. The molecule has 1 aromatic rings. The van der Waals surface area contributed by atoms with Crippen molar-refractivity contribution in [1.82, 2.24) is 10.3 Å². The zero-order chi connectivity index (χ0) is 12.4. The number of hydrogen-bond acceptors (Lipinski definition) is 4. The molecule has 1 aliphatic heterocycles. The van der Waals surface area contributed by atoms with Crippen molar-refractivity contribution in [2.75, 3.05) is 13.7 Å². The van der Waals surface area contributed by atoms with Crippen LogP contribution in [0, 0.1) is 0 Å². The lowest BCUT2D eigenvalue weighted by Gasteiger charge is -2.21. The molecule has 3 rings (SSSR count). The minimum absolute atomic E-state index is 0.416. The summed E-state index contributed by atoms with van der Waals surface area (Å²) in [6, 6.07) is 0.535. The van der Waals surface area contributed by atoms with Crippen molar-refractivity contribution in [3.8, 4) is 0 Å². The molecule has 2 unspecified atom stereocenters. The molecule has 0 saturated carbocycles. The monoisotopic (exact) mass is 266 g/mol. The zero-order valence-corrected chi connectivity index (χ0v) is 11.9. The van der Waals surface area contributed by atoms with Gasteiger partial charge in [0.2, 0.25) is 0 Å². The average Bonchev–Trinajstić information content (AvgIpc) is 2.82. The van der Waals surface area contributed by atoms with Crippen molar-refractivity contribution in [3.05, 3.63) is 15.6 Å². The van der Waals surface area contributed by atoms with E-state index in [0.717, 1.165) is 19.4 Å². The molecular weight excluding hydrogens is 244 g/mol. The van der Waals surface area contributed by atoms with E-state index in [-0.39, 0.29) is 0 Å². The van der Waals surface area contributed by atoms with Crippen molar-refractivity contribution in [2.45, 2.75) is 57.1 Å². The van der Waals surface area contributed by atoms with Gasteiger partial charge in [-0.3, -0.25) is 0 Å². The summed E-state index contributed by atoms with van der Waals surface area (Å²) in [6.45, 7) is 0.939. The smallest absolute Gasteiger partial charge is 0.0957 e. The lowest BCUT2D eigenvalue weighted by molar-refractivity contribution is 0.0167. The molecule has 18 heavy (non-hydrogen) atoms. The summed E-state index contributed by atoms with van der Waals surface area (Å²) in [4.78, 5) is 6.32. The third kappa shape index (κ3) is 2.60. The predicted octanol–water partition coefficient (Wildman–Crippen LogP) is 2.85. The van der Waals surface area contributed by atoms with Gasteiger partial charge >= 0.3 is 0 Å². The van der Waals surface area contributed by atoms with Crippen molar-refractivity contribution in [3.63, 3.8) is 0 Å². The first kappa shape index (κ1) is 12.6. The molecule has 4 heteroatoms. The van der Waals surface area contributed by atoms with E-state index in [4.69, 9.17) is 9.72 Å². The van der Waals surface area contributed by atoms with Gasteiger partial charge in [0, 0.05) is 23.9 Å². The number of aryl methyl sites for hydroxylation is 1. The summed E-state index contributed by atoms with van der Waals surface area (Å²) in [5.74, 6) is 0. The van der Waals surface area contributed by atoms with E-state index in [9.17, 15) is 0 Å². The van der Waals surface area contributed by atoms with E-state index in [1.807, 2.05) is 11.3 Å². The molecule has 1 N–H and O–H groups in total. The van der Waals surface area contributed by atoms with Crippen LogP contribution in [0.2, 0.25) is 0 Å². The van der Waals surface area contributed by atoms with Crippen LogP contribution < -0.4 is 5.32 Å². The van der Waals surface area contributed by atoms with E-state index >= 15 is 0 Å². The molecule has 0 amide bonds. The number of aromatic nitrogens is 1. The summed E-state index contributed by atoms with van der Waals surface area (Å²) in [6.07, 6.45) is 8.87. The Balaban J connectivity index is 1.71. The quantitative estimate of drug-likeness (QED) is 0.913. The van der Waals surface area contributed by atoms with Crippen LogP contribution in [0.5, 0.6) is 0 Å². The van der Waals surface area contributed by atoms with Gasteiger partial charge in [-0.15, -0.1) is 11.3 Å². The van der Waals surface area contributed by atoms with Gasteiger partial charge in [0.1, 0.15) is 0 Å². The second-order valence-corrected chi connectivity index (χ2v) is 6.46. The summed E-state index contributed by atoms with van der Waals surface area (Å²) in [5, 5.41) is 4.70. The van der Waals surface area contributed by atoms with Crippen molar-refractivity contribution in [2.24, 2.45) is 0 Å². The average molecular weight is 266 g/mol. The molecule has 2 aliphatic rings. The molecular formula is C14H22N2OS. The number of rotatable bonds is 3. The number of ether oxygens (including phenoxy) is 1. The second-order valence-electron chi connectivity index (χ2n) is 5.34. The van der Waals surface area contributed by atoms with Crippen LogP contribution in [-0.4, -0.2) is 24.7 Å². The molecule has 100 valence electrons. The van der Waals surface area contributed by atoms with Crippen LogP contribution in [0.3, 0.4) is 0 Å². The molecule has 0 radical (unpaired) electrons. The first-order valence-electron chi connectivity index (χ1n) is 7.14. The predicted molar refractivity (Wildman–Crippen MR) is 74.1 cm³/mol. The number of fused-ring (bicyclic) bond motifs is 1. The van der Waals surface area contributed by atoms with Gasteiger partial charge < -0.3 is 10.1 Å². The van der Waals surface area contributed by atoms with Gasteiger partial charge in [-0.2, -0.15) is 0 Å². The fourth-order valence-corrected chi connectivity index (χ4v) is 4.32. The topological polar surface area (TPSA) is 34.2 Å². The molecule has 2 heterocycles.